The molecular formula is C13H12ClN3S. The molecule has 0 amide bonds. The molecule has 0 atom stereocenters. The van der Waals surface area contributed by atoms with E-state index in [4.69, 9.17) is 11.6 Å². The van der Waals surface area contributed by atoms with Crippen molar-refractivity contribution >= 4 is 33.8 Å². The van der Waals surface area contributed by atoms with Crippen molar-refractivity contribution in [2.45, 2.75) is 18.8 Å². The summed E-state index contributed by atoms with van der Waals surface area (Å²) in [4.78, 5) is 4.45. The molecule has 3 nitrogen and oxygen atoms in total. The molecule has 0 bridgehead atoms. The molecule has 0 radical (unpaired) electrons. The molecule has 0 spiro atoms. The van der Waals surface area contributed by atoms with Gasteiger partial charge in [0.2, 0.25) is 0 Å². The van der Waals surface area contributed by atoms with E-state index in [1.165, 1.54) is 10.9 Å². The van der Waals surface area contributed by atoms with Crippen LogP contribution in [0.3, 0.4) is 0 Å². The second kappa shape index (κ2) is 5.08. The van der Waals surface area contributed by atoms with Gasteiger partial charge >= 0.3 is 0 Å². The Balaban J connectivity index is 1.76. The minimum Gasteiger partial charge on any atom is -0.264 e. The third kappa shape index (κ3) is 2.26. The minimum absolute atomic E-state index is 0.487. The number of alkyl halides is 1. The molecule has 18 heavy (non-hydrogen) atoms. The number of para-hydroxylation sites is 1. The molecular weight excluding hydrogens is 266 g/mol. The van der Waals surface area contributed by atoms with Gasteiger partial charge in [-0.2, -0.15) is 5.10 Å². The summed E-state index contributed by atoms with van der Waals surface area (Å²) >= 11 is 7.41. The van der Waals surface area contributed by atoms with Crippen molar-refractivity contribution in [3.63, 3.8) is 0 Å². The minimum atomic E-state index is 0.487. The molecule has 0 aliphatic heterocycles. The first-order chi connectivity index (χ1) is 8.86. The lowest BCUT2D eigenvalue weighted by Gasteiger charge is -2.01. The van der Waals surface area contributed by atoms with Gasteiger partial charge in [0, 0.05) is 23.7 Å². The molecule has 0 N–H and O–H groups in total. The molecule has 3 rings (SSSR count). The Kier molecular flexibility index (Phi) is 3.30. The molecule has 0 unspecified atom stereocenters. The summed E-state index contributed by atoms with van der Waals surface area (Å²) < 4.78 is 2.02. The van der Waals surface area contributed by atoms with Gasteiger partial charge < -0.3 is 0 Å². The van der Waals surface area contributed by atoms with E-state index in [1.807, 2.05) is 28.4 Å². The molecule has 0 saturated heterocycles. The van der Waals surface area contributed by atoms with Gasteiger partial charge in [0.05, 0.1) is 28.3 Å². The third-order valence-corrected chi connectivity index (χ3v) is 4.06. The fourth-order valence-electron chi connectivity index (χ4n) is 1.93. The number of thiazole rings is 1. The second-order valence-electron chi connectivity index (χ2n) is 4.04. The number of hydrogen-bond acceptors (Lipinski definition) is 3. The number of rotatable bonds is 4. The van der Waals surface area contributed by atoms with Crippen molar-refractivity contribution in [2.24, 2.45) is 0 Å². The second-order valence-corrected chi connectivity index (χ2v) is 5.25. The molecule has 0 aliphatic carbocycles. The van der Waals surface area contributed by atoms with Crippen molar-refractivity contribution < 1.29 is 0 Å². The molecule has 5 heteroatoms. The topological polar surface area (TPSA) is 30.7 Å². The van der Waals surface area contributed by atoms with Crippen LogP contribution in [0.15, 0.2) is 35.8 Å². The van der Waals surface area contributed by atoms with E-state index in [1.54, 1.807) is 11.3 Å². The van der Waals surface area contributed by atoms with E-state index in [9.17, 15) is 0 Å². The van der Waals surface area contributed by atoms with Gasteiger partial charge in [0.15, 0.2) is 0 Å². The van der Waals surface area contributed by atoms with Crippen LogP contribution in [0.25, 0.3) is 10.9 Å². The van der Waals surface area contributed by atoms with Crippen LogP contribution in [-0.4, -0.2) is 14.8 Å². The maximum atomic E-state index is 5.74. The molecule has 92 valence electrons. The predicted molar refractivity (Wildman–Crippen MR) is 75.1 cm³/mol. The lowest BCUT2D eigenvalue weighted by atomic mass is 10.2. The summed E-state index contributed by atoms with van der Waals surface area (Å²) in [7, 11) is 0. The SMILES string of the molecule is ClCc1csc(CCn2ncc3ccccc32)n1. The number of aromatic nitrogens is 3. The average Bonchev–Trinajstić information content (AvgIpc) is 3.03. The van der Waals surface area contributed by atoms with Gasteiger partial charge in [0.25, 0.3) is 0 Å². The number of nitrogens with zero attached hydrogens (tertiary/aromatic N) is 3. The highest BCUT2D eigenvalue weighted by Crippen LogP contribution is 2.16. The van der Waals surface area contributed by atoms with Crippen LogP contribution < -0.4 is 0 Å². The zero-order chi connectivity index (χ0) is 12.4. The smallest absolute Gasteiger partial charge is 0.0947 e. The van der Waals surface area contributed by atoms with Crippen LogP contribution in [-0.2, 0) is 18.8 Å². The first kappa shape index (κ1) is 11.7. The van der Waals surface area contributed by atoms with Crippen molar-refractivity contribution in [2.75, 3.05) is 0 Å². The van der Waals surface area contributed by atoms with Crippen LogP contribution in [0.2, 0.25) is 0 Å². The lowest BCUT2D eigenvalue weighted by Crippen LogP contribution is -2.02. The van der Waals surface area contributed by atoms with E-state index in [0.717, 1.165) is 23.7 Å². The first-order valence-corrected chi connectivity index (χ1v) is 7.18. The number of aryl methyl sites for hydroxylation is 2. The average molecular weight is 278 g/mol. The Labute approximate surface area is 114 Å². The van der Waals surface area contributed by atoms with Gasteiger partial charge in [-0.25, -0.2) is 4.98 Å². The van der Waals surface area contributed by atoms with Gasteiger partial charge in [0.1, 0.15) is 0 Å². The predicted octanol–water partition coefficient (Wildman–Crippen LogP) is 3.47. The zero-order valence-corrected chi connectivity index (χ0v) is 11.3. The van der Waals surface area contributed by atoms with E-state index in [2.05, 4.69) is 22.2 Å². The van der Waals surface area contributed by atoms with Crippen LogP contribution >= 0.6 is 22.9 Å². The van der Waals surface area contributed by atoms with Crippen LogP contribution in [0.4, 0.5) is 0 Å². The van der Waals surface area contributed by atoms with E-state index in [0.29, 0.717) is 5.88 Å². The molecule has 2 heterocycles. The summed E-state index contributed by atoms with van der Waals surface area (Å²) in [5.41, 5.74) is 2.13. The zero-order valence-electron chi connectivity index (χ0n) is 9.71. The van der Waals surface area contributed by atoms with E-state index in [-0.39, 0.29) is 0 Å². The summed E-state index contributed by atoms with van der Waals surface area (Å²) in [6.07, 6.45) is 2.80. The van der Waals surface area contributed by atoms with Crippen LogP contribution in [0.1, 0.15) is 10.7 Å². The van der Waals surface area contributed by atoms with E-state index < -0.39 is 0 Å². The molecule has 2 aromatic heterocycles. The van der Waals surface area contributed by atoms with Crippen molar-refractivity contribution in [1.29, 1.82) is 0 Å². The fraction of sp³-hybridized carbons (Fsp3) is 0.231. The number of halogens is 1. The highest BCUT2D eigenvalue weighted by molar-refractivity contribution is 7.09. The maximum Gasteiger partial charge on any atom is 0.0947 e. The first-order valence-electron chi connectivity index (χ1n) is 5.76. The van der Waals surface area contributed by atoms with Crippen LogP contribution in [0, 0.1) is 0 Å². The van der Waals surface area contributed by atoms with E-state index >= 15 is 0 Å². The third-order valence-electron chi connectivity index (χ3n) is 2.82. The van der Waals surface area contributed by atoms with Gasteiger partial charge in [-0.1, -0.05) is 18.2 Å². The molecule has 0 fully saturated rings. The maximum absolute atomic E-state index is 5.74. The van der Waals surface area contributed by atoms with Crippen molar-refractivity contribution in [3.8, 4) is 0 Å². The largest absolute Gasteiger partial charge is 0.264 e. The quantitative estimate of drug-likeness (QED) is 0.684. The molecule has 0 saturated carbocycles. The monoisotopic (exact) mass is 277 g/mol. The standard InChI is InChI=1S/C13H12ClN3S/c14-7-11-9-18-13(16-11)5-6-17-12-4-2-1-3-10(12)8-15-17/h1-4,8-9H,5-7H2. The number of benzene rings is 1. The normalized spacial score (nSPS) is 11.2. The van der Waals surface area contributed by atoms with Crippen molar-refractivity contribution in [3.05, 3.63) is 46.5 Å². The Morgan fingerprint density at radius 1 is 1.28 bits per heavy atom. The molecule has 1 aromatic carbocycles. The highest BCUT2D eigenvalue weighted by atomic mass is 35.5. The fourth-order valence-corrected chi connectivity index (χ4v) is 2.95. The molecule has 0 aliphatic rings. The summed E-state index contributed by atoms with van der Waals surface area (Å²) in [5.74, 6) is 0.487. The summed E-state index contributed by atoms with van der Waals surface area (Å²) in [6, 6.07) is 8.24. The van der Waals surface area contributed by atoms with Gasteiger partial charge in [-0.15, -0.1) is 22.9 Å². The Morgan fingerprint density at radius 3 is 3.00 bits per heavy atom. The number of hydrogen-bond donors (Lipinski definition) is 0. The number of fused-ring (bicyclic) bond motifs is 1. The van der Waals surface area contributed by atoms with Gasteiger partial charge in [-0.05, 0) is 6.07 Å². The van der Waals surface area contributed by atoms with Crippen molar-refractivity contribution in [1.82, 2.24) is 14.8 Å². The summed E-state index contributed by atoms with van der Waals surface area (Å²) in [5, 5.41) is 8.72. The Bertz CT molecular complexity index is 659. The summed E-state index contributed by atoms with van der Waals surface area (Å²) in [6.45, 7) is 0.850. The molecule has 3 aromatic rings. The van der Waals surface area contributed by atoms with Crippen LogP contribution in [0.5, 0.6) is 0 Å². The van der Waals surface area contributed by atoms with Gasteiger partial charge in [-0.3, -0.25) is 4.68 Å². The lowest BCUT2D eigenvalue weighted by molar-refractivity contribution is 0.633. The highest BCUT2D eigenvalue weighted by Gasteiger charge is 2.04. The Hall–Kier alpha value is -1.39. The Morgan fingerprint density at radius 2 is 2.17 bits per heavy atom.